The number of anilines is 1. The van der Waals surface area contributed by atoms with Crippen LogP contribution in [0.25, 0.3) is 0 Å². The van der Waals surface area contributed by atoms with Crippen molar-refractivity contribution < 1.29 is 22.7 Å². The van der Waals surface area contributed by atoms with Crippen LogP contribution in [0.2, 0.25) is 0 Å². The van der Waals surface area contributed by atoms with Crippen molar-refractivity contribution in [3.05, 3.63) is 59.4 Å². The quantitative estimate of drug-likeness (QED) is 0.243. The number of rotatable bonds is 6. The van der Waals surface area contributed by atoms with Crippen LogP contribution >= 0.6 is 24.0 Å². The molecule has 0 saturated carbocycles. The zero-order valence-electron chi connectivity index (χ0n) is 15.2. The third-order valence-electron chi connectivity index (χ3n) is 3.54. The molecule has 28 heavy (non-hydrogen) atoms. The number of amides is 1. The predicted octanol–water partition coefficient (Wildman–Crippen LogP) is 3.03. The van der Waals surface area contributed by atoms with Gasteiger partial charge in [-0.2, -0.15) is 0 Å². The van der Waals surface area contributed by atoms with Crippen molar-refractivity contribution in [3.63, 3.8) is 0 Å². The van der Waals surface area contributed by atoms with Crippen LogP contribution in [-0.4, -0.2) is 32.6 Å². The summed E-state index contributed by atoms with van der Waals surface area (Å²) in [6.07, 6.45) is 0. The molecule has 0 aliphatic carbocycles. The predicted molar refractivity (Wildman–Crippen MR) is 112 cm³/mol. The Hall–Kier alpha value is -2.50. The van der Waals surface area contributed by atoms with Gasteiger partial charge in [0.15, 0.2) is 23.4 Å². The molecule has 0 aliphatic heterocycles. The summed E-state index contributed by atoms with van der Waals surface area (Å²) in [6, 6.07) is 9.08. The molecule has 0 aliphatic rings. The first kappa shape index (κ1) is 23.5. The van der Waals surface area contributed by atoms with E-state index >= 15 is 0 Å². The Morgan fingerprint density at radius 2 is 1.86 bits per heavy atom. The summed E-state index contributed by atoms with van der Waals surface area (Å²) in [5, 5.41) is 7.91. The van der Waals surface area contributed by atoms with E-state index in [0.29, 0.717) is 18.3 Å². The van der Waals surface area contributed by atoms with Gasteiger partial charge in [-0.3, -0.25) is 9.79 Å². The van der Waals surface area contributed by atoms with E-state index in [1.807, 2.05) is 24.3 Å². The highest BCUT2D eigenvalue weighted by Gasteiger charge is 2.15. The Labute approximate surface area is 177 Å². The van der Waals surface area contributed by atoms with Gasteiger partial charge in [0.1, 0.15) is 5.75 Å². The Morgan fingerprint density at radius 3 is 2.54 bits per heavy atom. The Kier molecular flexibility index (Phi) is 9.56. The van der Waals surface area contributed by atoms with E-state index < -0.39 is 29.0 Å². The van der Waals surface area contributed by atoms with E-state index in [9.17, 15) is 18.0 Å². The number of benzene rings is 2. The molecule has 0 saturated heterocycles. The number of ether oxygens (including phenoxy) is 1. The van der Waals surface area contributed by atoms with E-state index in [1.54, 1.807) is 7.11 Å². The number of aliphatic imine (C=N–C) groups is 1. The molecule has 1 amide bonds. The molecule has 10 heteroatoms. The maximum absolute atomic E-state index is 13.6. The van der Waals surface area contributed by atoms with Crippen molar-refractivity contribution in [1.82, 2.24) is 10.6 Å². The molecule has 0 atom stereocenters. The molecule has 0 fully saturated rings. The normalized spacial score (nSPS) is 10.7. The summed E-state index contributed by atoms with van der Waals surface area (Å²) >= 11 is 0. The largest absolute Gasteiger partial charge is 0.497 e. The third kappa shape index (κ3) is 6.59. The Balaban J connectivity index is 0.00000392. The topological polar surface area (TPSA) is 74.8 Å². The van der Waals surface area contributed by atoms with Crippen LogP contribution in [0.3, 0.4) is 0 Å². The second kappa shape index (κ2) is 11.4. The number of carbonyl (C=O) groups excluding carboxylic acids is 1. The number of hydrogen-bond acceptors (Lipinski definition) is 3. The van der Waals surface area contributed by atoms with Gasteiger partial charge in [-0.15, -0.1) is 24.0 Å². The lowest BCUT2D eigenvalue weighted by Crippen LogP contribution is -2.41. The van der Waals surface area contributed by atoms with E-state index in [1.165, 1.54) is 7.05 Å². The summed E-state index contributed by atoms with van der Waals surface area (Å²) < 4.78 is 44.8. The number of carbonyl (C=O) groups is 1. The summed E-state index contributed by atoms with van der Waals surface area (Å²) in [5.74, 6) is -4.03. The van der Waals surface area contributed by atoms with Gasteiger partial charge in [-0.1, -0.05) is 12.1 Å². The minimum absolute atomic E-state index is 0. The fourth-order valence-electron chi connectivity index (χ4n) is 2.17. The highest BCUT2D eigenvalue weighted by molar-refractivity contribution is 14.0. The standard InChI is InChI=1S/C18H19F3N4O2.HI/c1-22-18(23-9-11-4-3-5-12(8-11)27-2)24-10-15(26)25-14-7-6-13(19)16(20)17(14)21;/h3-8H,9-10H2,1-2H3,(H,25,26)(H2,22,23,24);1H. The first-order valence-electron chi connectivity index (χ1n) is 7.95. The maximum Gasteiger partial charge on any atom is 0.243 e. The number of guanidine groups is 1. The molecule has 152 valence electrons. The second-order valence-corrected chi connectivity index (χ2v) is 5.40. The van der Waals surface area contributed by atoms with Gasteiger partial charge in [0, 0.05) is 13.6 Å². The van der Waals surface area contributed by atoms with Gasteiger partial charge in [-0.25, -0.2) is 13.2 Å². The van der Waals surface area contributed by atoms with Crippen LogP contribution in [0.1, 0.15) is 5.56 Å². The molecule has 2 aromatic rings. The highest BCUT2D eigenvalue weighted by atomic mass is 127. The van der Waals surface area contributed by atoms with Gasteiger partial charge in [0.05, 0.1) is 19.3 Å². The van der Waals surface area contributed by atoms with Crippen LogP contribution in [0.4, 0.5) is 18.9 Å². The van der Waals surface area contributed by atoms with Crippen LogP contribution in [0.5, 0.6) is 5.75 Å². The molecule has 0 radical (unpaired) electrons. The van der Waals surface area contributed by atoms with Gasteiger partial charge >= 0.3 is 0 Å². The van der Waals surface area contributed by atoms with Crippen molar-refractivity contribution in [2.75, 3.05) is 26.0 Å². The number of nitrogens with one attached hydrogen (secondary N) is 3. The molecule has 0 bridgehead atoms. The molecule has 0 heterocycles. The maximum atomic E-state index is 13.6. The molecule has 3 N–H and O–H groups in total. The van der Waals surface area contributed by atoms with Crippen molar-refractivity contribution in [3.8, 4) is 5.75 Å². The summed E-state index contributed by atoms with van der Waals surface area (Å²) in [7, 11) is 3.09. The molecule has 0 aromatic heterocycles. The Bertz CT molecular complexity index is 850. The smallest absolute Gasteiger partial charge is 0.243 e. The van der Waals surface area contributed by atoms with E-state index in [0.717, 1.165) is 17.7 Å². The Morgan fingerprint density at radius 1 is 1.11 bits per heavy atom. The fraction of sp³-hybridized carbons (Fsp3) is 0.222. The summed E-state index contributed by atoms with van der Waals surface area (Å²) in [6.45, 7) is 0.173. The second-order valence-electron chi connectivity index (χ2n) is 5.40. The number of nitrogens with zero attached hydrogens (tertiary/aromatic N) is 1. The molecule has 2 rings (SSSR count). The molecule has 0 spiro atoms. The van der Waals surface area contributed by atoms with Crippen molar-refractivity contribution in [2.45, 2.75) is 6.54 Å². The van der Waals surface area contributed by atoms with Crippen molar-refractivity contribution in [2.24, 2.45) is 4.99 Å². The average molecular weight is 508 g/mol. The van der Waals surface area contributed by atoms with E-state index in [2.05, 4.69) is 20.9 Å². The van der Waals surface area contributed by atoms with Crippen LogP contribution in [0.15, 0.2) is 41.4 Å². The molecule has 2 aromatic carbocycles. The molecular formula is C18H20F3IN4O2. The zero-order chi connectivity index (χ0) is 19.8. The van der Waals surface area contributed by atoms with Crippen LogP contribution in [0, 0.1) is 17.5 Å². The molecule has 6 nitrogen and oxygen atoms in total. The lowest BCUT2D eigenvalue weighted by atomic mass is 10.2. The van der Waals surface area contributed by atoms with E-state index in [-0.39, 0.29) is 30.5 Å². The van der Waals surface area contributed by atoms with Gasteiger partial charge < -0.3 is 20.7 Å². The van der Waals surface area contributed by atoms with Crippen LogP contribution < -0.4 is 20.7 Å². The van der Waals surface area contributed by atoms with Crippen molar-refractivity contribution in [1.29, 1.82) is 0 Å². The SMILES string of the molecule is CN=C(NCC(=O)Nc1ccc(F)c(F)c1F)NCc1cccc(OC)c1.I. The minimum Gasteiger partial charge on any atom is -0.497 e. The number of methoxy groups -OCH3 is 1. The van der Waals surface area contributed by atoms with Crippen LogP contribution in [-0.2, 0) is 11.3 Å². The van der Waals surface area contributed by atoms with Crippen molar-refractivity contribution >= 4 is 41.5 Å². The average Bonchev–Trinajstić information content (AvgIpc) is 2.68. The highest BCUT2D eigenvalue weighted by Crippen LogP contribution is 2.19. The third-order valence-corrected chi connectivity index (χ3v) is 3.54. The van der Waals surface area contributed by atoms with Gasteiger partial charge in [0.2, 0.25) is 5.91 Å². The fourth-order valence-corrected chi connectivity index (χ4v) is 2.17. The van der Waals surface area contributed by atoms with Gasteiger partial charge in [-0.05, 0) is 29.8 Å². The van der Waals surface area contributed by atoms with E-state index in [4.69, 9.17) is 4.74 Å². The minimum atomic E-state index is -1.64. The molecular weight excluding hydrogens is 488 g/mol. The summed E-state index contributed by atoms with van der Waals surface area (Å²) in [4.78, 5) is 15.9. The number of halogens is 4. The summed E-state index contributed by atoms with van der Waals surface area (Å²) in [5.41, 5.74) is 0.491. The first-order valence-corrected chi connectivity index (χ1v) is 7.95. The van der Waals surface area contributed by atoms with Gasteiger partial charge in [0.25, 0.3) is 0 Å². The lowest BCUT2D eigenvalue weighted by molar-refractivity contribution is -0.115. The molecule has 0 unspecified atom stereocenters. The monoisotopic (exact) mass is 508 g/mol. The zero-order valence-corrected chi connectivity index (χ0v) is 17.5. The lowest BCUT2D eigenvalue weighted by Gasteiger charge is -2.13. The number of hydrogen-bond donors (Lipinski definition) is 3. The first-order chi connectivity index (χ1) is 12.9.